The van der Waals surface area contributed by atoms with Gasteiger partial charge in [-0.15, -0.1) is 0 Å². The summed E-state index contributed by atoms with van der Waals surface area (Å²) in [6.45, 7) is 0. The molecule has 12 aromatic rings. The molecular formula is C55H39N5Si. The lowest BCUT2D eigenvalue weighted by Crippen LogP contribution is -2.74. The number of aromatic nitrogens is 5. The van der Waals surface area contributed by atoms with Gasteiger partial charge in [-0.3, -0.25) is 4.57 Å². The second-order valence-corrected chi connectivity index (χ2v) is 19.7. The van der Waals surface area contributed by atoms with E-state index in [0.717, 1.165) is 50.5 Å². The molecule has 5 nitrogen and oxygen atoms in total. The van der Waals surface area contributed by atoms with Crippen molar-refractivity contribution in [2.24, 2.45) is 7.05 Å². The van der Waals surface area contributed by atoms with Crippen LogP contribution in [0, 0.1) is 0 Å². The van der Waals surface area contributed by atoms with Crippen LogP contribution in [0.2, 0.25) is 0 Å². The van der Waals surface area contributed by atoms with Crippen LogP contribution in [0.25, 0.3) is 77.5 Å². The van der Waals surface area contributed by atoms with E-state index in [4.69, 9.17) is 9.97 Å². The molecule has 61 heavy (non-hydrogen) atoms. The van der Waals surface area contributed by atoms with Crippen molar-refractivity contribution in [3.8, 4) is 22.9 Å². The van der Waals surface area contributed by atoms with Crippen LogP contribution in [-0.4, -0.2) is 31.7 Å². The molecule has 0 unspecified atom stereocenters. The van der Waals surface area contributed by atoms with Crippen molar-refractivity contribution in [3.05, 3.63) is 219 Å². The van der Waals surface area contributed by atoms with Crippen LogP contribution in [0.3, 0.4) is 0 Å². The van der Waals surface area contributed by atoms with Crippen LogP contribution in [0.1, 0.15) is 0 Å². The Labute approximate surface area is 354 Å². The van der Waals surface area contributed by atoms with Crippen molar-refractivity contribution in [1.82, 2.24) is 23.7 Å². The summed E-state index contributed by atoms with van der Waals surface area (Å²) >= 11 is 0. The van der Waals surface area contributed by atoms with Gasteiger partial charge in [0.05, 0.1) is 33.1 Å². The number of para-hydroxylation sites is 4. The molecule has 0 aliphatic carbocycles. The Morgan fingerprint density at radius 3 is 1.80 bits per heavy atom. The van der Waals surface area contributed by atoms with Crippen molar-refractivity contribution in [3.63, 3.8) is 0 Å². The zero-order valence-electron chi connectivity index (χ0n) is 33.5. The van der Waals surface area contributed by atoms with Gasteiger partial charge in [0.1, 0.15) is 11.6 Å². The molecule has 0 aliphatic heterocycles. The van der Waals surface area contributed by atoms with Gasteiger partial charge >= 0.3 is 0 Å². The molecule has 4 aromatic heterocycles. The van der Waals surface area contributed by atoms with Crippen molar-refractivity contribution >= 4 is 83.5 Å². The molecule has 4 heterocycles. The first-order chi connectivity index (χ1) is 30.2. The number of hydrogen-bond acceptors (Lipinski definition) is 2. The third kappa shape index (κ3) is 5.26. The van der Waals surface area contributed by atoms with Crippen LogP contribution >= 0.6 is 0 Å². The number of fused-ring (bicyclic) bond motifs is 8. The lowest BCUT2D eigenvalue weighted by molar-refractivity contribution is 0.959. The van der Waals surface area contributed by atoms with Gasteiger partial charge in [-0.25, -0.2) is 9.97 Å². The average molecular weight is 798 g/mol. The Kier molecular flexibility index (Phi) is 8.02. The van der Waals surface area contributed by atoms with Crippen molar-refractivity contribution in [1.29, 1.82) is 0 Å². The summed E-state index contributed by atoms with van der Waals surface area (Å²) in [5.74, 6) is 1.84. The first-order valence-corrected chi connectivity index (χ1v) is 22.8. The highest BCUT2D eigenvalue weighted by molar-refractivity contribution is 7.20. The van der Waals surface area contributed by atoms with Crippen LogP contribution in [0.5, 0.6) is 0 Å². The first kappa shape index (κ1) is 35.2. The van der Waals surface area contributed by atoms with E-state index in [1.165, 1.54) is 47.8 Å². The van der Waals surface area contributed by atoms with Crippen molar-refractivity contribution in [2.45, 2.75) is 0 Å². The van der Waals surface area contributed by atoms with Crippen LogP contribution < -0.4 is 20.7 Å². The van der Waals surface area contributed by atoms with Gasteiger partial charge in [-0.1, -0.05) is 158 Å². The number of benzene rings is 8. The molecule has 0 fully saturated rings. The van der Waals surface area contributed by atoms with E-state index in [0.29, 0.717) is 0 Å². The molecule has 12 rings (SSSR count). The van der Waals surface area contributed by atoms with Crippen molar-refractivity contribution < 1.29 is 0 Å². The van der Waals surface area contributed by atoms with E-state index in [-0.39, 0.29) is 0 Å². The number of pyridine rings is 1. The monoisotopic (exact) mass is 797 g/mol. The van der Waals surface area contributed by atoms with Crippen molar-refractivity contribution in [2.75, 3.05) is 0 Å². The van der Waals surface area contributed by atoms with E-state index in [9.17, 15) is 0 Å². The summed E-state index contributed by atoms with van der Waals surface area (Å²) in [4.78, 5) is 10.2. The lowest BCUT2D eigenvalue weighted by atomic mass is 10.1. The molecule has 0 spiro atoms. The molecule has 0 amide bonds. The first-order valence-electron chi connectivity index (χ1n) is 20.8. The Morgan fingerprint density at radius 1 is 0.426 bits per heavy atom. The van der Waals surface area contributed by atoms with E-state index in [1.54, 1.807) is 0 Å². The molecule has 288 valence electrons. The molecular weight excluding hydrogens is 759 g/mol. The minimum Gasteiger partial charge on any atom is -0.327 e. The van der Waals surface area contributed by atoms with Gasteiger partial charge in [-0.2, -0.15) is 0 Å². The average Bonchev–Trinajstić information content (AvgIpc) is 3.97. The summed E-state index contributed by atoms with van der Waals surface area (Å²) in [5, 5.41) is 10.0. The van der Waals surface area contributed by atoms with Crippen LogP contribution in [0.4, 0.5) is 0 Å². The number of imidazole rings is 1. The van der Waals surface area contributed by atoms with Gasteiger partial charge < -0.3 is 9.13 Å². The van der Waals surface area contributed by atoms with Gasteiger partial charge in [0.15, 0.2) is 8.07 Å². The lowest BCUT2D eigenvalue weighted by Gasteiger charge is -2.34. The highest BCUT2D eigenvalue weighted by Gasteiger charge is 2.42. The predicted octanol–water partition coefficient (Wildman–Crippen LogP) is 10.2. The summed E-state index contributed by atoms with van der Waals surface area (Å²) in [6.07, 6.45) is 1.91. The quantitative estimate of drug-likeness (QED) is 0.119. The fourth-order valence-corrected chi connectivity index (χ4v) is 14.8. The summed E-state index contributed by atoms with van der Waals surface area (Å²) < 4.78 is 7.04. The number of aryl methyl sites for hydroxylation is 1. The second-order valence-electron chi connectivity index (χ2n) is 15.8. The summed E-state index contributed by atoms with van der Waals surface area (Å²) in [7, 11) is -0.903. The zero-order chi connectivity index (χ0) is 40.5. The molecule has 0 saturated heterocycles. The Balaban J connectivity index is 1.20. The van der Waals surface area contributed by atoms with Gasteiger partial charge in [0.2, 0.25) is 0 Å². The second kappa shape index (κ2) is 13.9. The molecule has 0 bridgehead atoms. The zero-order valence-corrected chi connectivity index (χ0v) is 34.5. The minimum absolute atomic E-state index is 0.888. The van der Waals surface area contributed by atoms with E-state index in [2.05, 4.69) is 227 Å². The predicted molar refractivity (Wildman–Crippen MR) is 256 cm³/mol. The van der Waals surface area contributed by atoms with Gasteiger partial charge in [0, 0.05) is 46.0 Å². The maximum atomic E-state index is 5.17. The molecule has 0 atom stereocenters. The SMILES string of the molecule is Cn1c(-c2cccc([Si](c3ccccc3)(c3ccccc3)c3ccc4c5ccc6c(c7ccccc7n6-c6ccccc6)c5n(-c5ccccn5)c4c3)c2)nc2ccccc21. The largest absolute Gasteiger partial charge is 0.327 e. The standard InChI is InChI=1S/C55H39N5Si/c1-58-49-29-14-12-27-47(49)57-55(58)38-18-17-25-42(36-38)61(40-21-7-3-8-22-40,41-23-9-4-10-24-41)43-31-32-44-45-33-34-50-53(54(45)60(51(44)37-43)52-30-15-16-35-56-52)46-26-11-13-28-48(46)59(50)39-19-5-2-6-20-39/h2-37H,1H3. The maximum absolute atomic E-state index is 5.17. The summed E-state index contributed by atoms with van der Waals surface area (Å²) in [5.41, 5.74) is 8.97. The Hall–Kier alpha value is -7.80. The molecule has 0 aliphatic rings. The maximum Gasteiger partial charge on any atom is 0.179 e. The van der Waals surface area contributed by atoms with Gasteiger partial charge in [0.25, 0.3) is 0 Å². The third-order valence-corrected chi connectivity index (χ3v) is 17.4. The highest BCUT2D eigenvalue weighted by atomic mass is 28.3. The molecule has 0 saturated carbocycles. The van der Waals surface area contributed by atoms with Crippen LogP contribution in [-0.2, 0) is 7.05 Å². The fraction of sp³-hybridized carbons (Fsp3) is 0.0182. The molecule has 0 N–H and O–H groups in total. The number of rotatable bonds is 7. The normalized spacial score (nSPS) is 12.0. The van der Waals surface area contributed by atoms with E-state index >= 15 is 0 Å². The topological polar surface area (TPSA) is 40.6 Å². The minimum atomic E-state index is -3.02. The fourth-order valence-electron chi connectivity index (χ4n) is 10.0. The van der Waals surface area contributed by atoms with Crippen LogP contribution in [0.15, 0.2) is 219 Å². The number of nitrogens with zero attached hydrogens (tertiary/aromatic N) is 5. The summed E-state index contributed by atoms with van der Waals surface area (Å²) in [6, 6.07) is 77.6. The van der Waals surface area contributed by atoms with E-state index < -0.39 is 8.07 Å². The smallest absolute Gasteiger partial charge is 0.179 e. The molecule has 0 radical (unpaired) electrons. The Morgan fingerprint density at radius 2 is 1.07 bits per heavy atom. The molecule has 6 heteroatoms. The highest BCUT2D eigenvalue weighted by Crippen LogP contribution is 2.41. The third-order valence-electron chi connectivity index (χ3n) is 12.6. The number of hydrogen-bond donors (Lipinski definition) is 0. The Bertz CT molecular complexity index is 3550. The van der Waals surface area contributed by atoms with Gasteiger partial charge in [-0.05, 0) is 75.3 Å². The molecule has 8 aromatic carbocycles. The van der Waals surface area contributed by atoms with E-state index in [1.807, 2.05) is 12.3 Å².